The fourth-order valence-electron chi connectivity index (χ4n) is 4.46. The first-order chi connectivity index (χ1) is 12.4. The first-order valence-electron chi connectivity index (χ1n) is 9.29. The molecule has 3 heterocycles. The Kier molecular flexibility index (Phi) is 4.61. The molecule has 1 aromatic rings. The molecule has 1 aromatic heterocycles. The molecule has 2 saturated heterocycles. The van der Waals surface area contributed by atoms with Gasteiger partial charge in [-0.05, 0) is 35.8 Å². The van der Waals surface area contributed by atoms with Crippen LogP contribution in [0, 0.1) is 17.8 Å². The molecule has 2 amide bonds. The Labute approximate surface area is 157 Å². The summed E-state index contributed by atoms with van der Waals surface area (Å²) in [5.74, 6) is 1.67. The van der Waals surface area contributed by atoms with Crippen molar-refractivity contribution >= 4 is 28.9 Å². The molecule has 0 radical (unpaired) electrons. The highest BCUT2D eigenvalue weighted by Gasteiger charge is 2.60. The van der Waals surface area contributed by atoms with Crippen molar-refractivity contribution in [3.8, 4) is 0 Å². The van der Waals surface area contributed by atoms with Gasteiger partial charge >= 0.3 is 0 Å². The van der Waals surface area contributed by atoms with E-state index in [9.17, 15) is 14.4 Å². The molecule has 0 spiro atoms. The van der Waals surface area contributed by atoms with Crippen LogP contribution < -0.4 is 0 Å². The number of fused-ring (bicyclic) bond motifs is 1. The SMILES string of the molecule is CC(=O)c1cc(CN2C[C@@H]3C(C(=O)N4CCN(C(C)=O)CC4)[C@@H]3C2)cs1. The van der Waals surface area contributed by atoms with Gasteiger partial charge in [-0.1, -0.05) is 0 Å². The lowest BCUT2D eigenvalue weighted by Gasteiger charge is -2.34. The highest BCUT2D eigenvalue weighted by Crippen LogP contribution is 2.52. The van der Waals surface area contributed by atoms with E-state index < -0.39 is 0 Å². The second kappa shape index (κ2) is 6.78. The van der Waals surface area contributed by atoms with Gasteiger partial charge in [-0.15, -0.1) is 11.3 Å². The topological polar surface area (TPSA) is 60.9 Å². The Morgan fingerprint density at radius 2 is 1.65 bits per heavy atom. The number of piperidine rings is 1. The molecule has 4 rings (SSSR count). The van der Waals surface area contributed by atoms with Gasteiger partial charge in [-0.3, -0.25) is 19.3 Å². The molecule has 3 atom stereocenters. The minimum Gasteiger partial charge on any atom is -0.339 e. The van der Waals surface area contributed by atoms with E-state index >= 15 is 0 Å². The summed E-state index contributed by atoms with van der Waals surface area (Å²) in [6.07, 6.45) is 0. The number of likely N-dealkylation sites (tertiary alicyclic amines) is 1. The summed E-state index contributed by atoms with van der Waals surface area (Å²) in [7, 11) is 0. The van der Waals surface area contributed by atoms with Crippen LogP contribution in [0.3, 0.4) is 0 Å². The molecule has 7 heteroatoms. The Bertz CT molecular complexity index is 726. The minimum atomic E-state index is 0.0948. The van der Waals surface area contributed by atoms with Crippen LogP contribution >= 0.6 is 11.3 Å². The number of thiophene rings is 1. The van der Waals surface area contributed by atoms with Gasteiger partial charge in [0.1, 0.15) is 0 Å². The number of amides is 2. The molecule has 2 aliphatic heterocycles. The largest absolute Gasteiger partial charge is 0.339 e. The minimum absolute atomic E-state index is 0.0948. The lowest BCUT2D eigenvalue weighted by molar-refractivity contribution is -0.140. The van der Waals surface area contributed by atoms with Crippen molar-refractivity contribution in [2.45, 2.75) is 20.4 Å². The zero-order valence-corrected chi connectivity index (χ0v) is 16.1. The molecule has 0 aromatic carbocycles. The molecule has 140 valence electrons. The van der Waals surface area contributed by atoms with Gasteiger partial charge in [-0.2, -0.15) is 0 Å². The van der Waals surface area contributed by atoms with Gasteiger partial charge in [0, 0.05) is 58.7 Å². The maximum absolute atomic E-state index is 12.8. The van der Waals surface area contributed by atoms with Crippen molar-refractivity contribution in [1.82, 2.24) is 14.7 Å². The number of piperazine rings is 1. The van der Waals surface area contributed by atoms with E-state index in [2.05, 4.69) is 10.3 Å². The Morgan fingerprint density at radius 1 is 1.04 bits per heavy atom. The summed E-state index contributed by atoms with van der Waals surface area (Å²) in [5.41, 5.74) is 1.20. The molecule has 0 bridgehead atoms. The third kappa shape index (κ3) is 3.30. The number of Topliss-reactive ketones (excluding diaryl/α,β-unsaturated/α-hetero) is 1. The van der Waals surface area contributed by atoms with Gasteiger partial charge in [0.05, 0.1) is 4.88 Å². The number of ketones is 1. The van der Waals surface area contributed by atoms with Crippen LogP contribution in [-0.4, -0.2) is 71.6 Å². The van der Waals surface area contributed by atoms with Crippen molar-refractivity contribution in [3.05, 3.63) is 21.9 Å². The Hall–Kier alpha value is -1.73. The van der Waals surface area contributed by atoms with E-state index in [1.165, 1.54) is 16.9 Å². The van der Waals surface area contributed by atoms with Crippen molar-refractivity contribution in [3.63, 3.8) is 0 Å². The van der Waals surface area contributed by atoms with E-state index in [1.807, 2.05) is 15.9 Å². The second-order valence-corrected chi connectivity index (χ2v) is 8.67. The summed E-state index contributed by atoms with van der Waals surface area (Å²) in [6, 6.07) is 1.99. The molecule has 6 nitrogen and oxygen atoms in total. The van der Waals surface area contributed by atoms with Crippen LogP contribution in [0.2, 0.25) is 0 Å². The standard InChI is InChI=1S/C19H25N3O3S/c1-12(23)17-7-14(11-26-17)8-20-9-15-16(10-20)18(15)19(25)22-5-3-21(4-6-22)13(2)24/h7,11,15-16,18H,3-6,8-10H2,1-2H3/t15-,16+,18?. The number of nitrogens with zero attached hydrogens (tertiary/aromatic N) is 3. The lowest BCUT2D eigenvalue weighted by atomic mass is 10.2. The first kappa shape index (κ1) is 17.7. The number of rotatable bonds is 4. The van der Waals surface area contributed by atoms with E-state index in [-0.39, 0.29) is 23.5 Å². The quantitative estimate of drug-likeness (QED) is 0.745. The third-order valence-electron chi connectivity index (χ3n) is 6.00. The fraction of sp³-hybridized carbons (Fsp3) is 0.632. The number of carbonyl (C=O) groups is 3. The molecule has 1 saturated carbocycles. The fourth-order valence-corrected chi connectivity index (χ4v) is 5.27. The monoisotopic (exact) mass is 375 g/mol. The Balaban J connectivity index is 1.26. The number of carbonyl (C=O) groups excluding carboxylic acids is 3. The van der Waals surface area contributed by atoms with E-state index in [1.54, 1.807) is 13.8 Å². The average Bonchev–Trinajstić information content (AvgIpc) is 2.98. The predicted molar refractivity (Wildman–Crippen MR) is 98.9 cm³/mol. The molecule has 3 fully saturated rings. The number of hydrogen-bond acceptors (Lipinski definition) is 5. The maximum Gasteiger partial charge on any atom is 0.226 e. The highest BCUT2D eigenvalue weighted by atomic mass is 32.1. The van der Waals surface area contributed by atoms with Crippen LogP contribution in [0.4, 0.5) is 0 Å². The smallest absolute Gasteiger partial charge is 0.226 e. The summed E-state index contributed by atoms with van der Waals surface area (Å²) in [5, 5.41) is 2.07. The van der Waals surface area contributed by atoms with Crippen LogP contribution in [0.1, 0.15) is 29.1 Å². The van der Waals surface area contributed by atoms with Crippen LogP contribution in [-0.2, 0) is 16.1 Å². The lowest BCUT2D eigenvalue weighted by Crippen LogP contribution is -2.51. The Morgan fingerprint density at radius 3 is 2.19 bits per heavy atom. The first-order valence-corrected chi connectivity index (χ1v) is 10.2. The molecule has 3 aliphatic rings. The average molecular weight is 375 g/mol. The number of hydrogen-bond donors (Lipinski definition) is 0. The molecule has 0 N–H and O–H groups in total. The maximum atomic E-state index is 12.8. The van der Waals surface area contributed by atoms with Gasteiger partial charge in [0.15, 0.2) is 5.78 Å². The molecule has 1 unspecified atom stereocenters. The normalized spacial score (nSPS) is 28.2. The van der Waals surface area contributed by atoms with Crippen molar-refractivity contribution in [2.24, 2.45) is 17.8 Å². The van der Waals surface area contributed by atoms with Gasteiger partial charge in [-0.25, -0.2) is 0 Å². The summed E-state index contributed by atoms with van der Waals surface area (Å²) in [4.78, 5) is 42.6. The zero-order chi connectivity index (χ0) is 18.4. The van der Waals surface area contributed by atoms with E-state index in [0.29, 0.717) is 38.0 Å². The second-order valence-electron chi connectivity index (χ2n) is 7.75. The molecular formula is C19H25N3O3S. The molecule has 1 aliphatic carbocycles. The van der Waals surface area contributed by atoms with Crippen molar-refractivity contribution in [2.75, 3.05) is 39.3 Å². The van der Waals surface area contributed by atoms with Crippen molar-refractivity contribution < 1.29 is 14.4 Å². The molecule has 26 heavy (non-hydrogen) atoms. The van der Waals surface area contributed by atoms with Crippen LogP contribution in [0.5, 0.6) is 0 Å². The van der Waals surface area contributed by atoms with Crippen LogP contribution in [0.25, 0.3) is 0 Å². The van der Waals surface area contributed by atoms with Gasteiger partial charge in [0.25, 0.3) is 0 Å². The summed E-state index contributed by atoms with van der Waals surface area (Å²) in [6.45, 7) is 8.66. The molecular weight excluding hydrogens is 350 g/mol. The van der Waals surface area contributed by atoms with Gasteiger partial charge in [0.2, 0.25) is 11.8 Å². The zero-order valence-electron chi connectivity index (χ0n) is 15.3. The van der Waals surface area contributed by atoms with E-state index in [4.69, 9.17) is 0 Å². The third-order valence-corrected chi connectivity index (χ3v) is 7.08. The summed E-state index contributed by atoms with van der Waals surface area (Å²) < 4.78 is 0. The van der Waals surface area contributed by atoms with Crippen LogP contribution in [0.15, 0.2) is 11.4 Å². The predicted octanol–water partition coefficient (Wildman–Crippen LogP) is 1.32. The highest BCUT2D eigenvalue weighted by molar-refractivity contribution is 7.12. The summed E-state index contributed by atoms with van der Waals surface area (Å²) >= 11 is 1.51. The van der Waals surface area contributed by atoms with E-state index in [0.717, 1.165) is 24.5 Å². The van der Waals surface area contributed by atoms with Gasteiger partial charge < -0.3 is 9.80 Å². The van der Waals surface area contributed by atoms with Crippen molar-refractivity contribution in [1.29, 1.82) is 0 Å².